The Morgan fingerprint density at radius 2 is 2.07 bits per heavy atom. The molecule has 82 valence electrons. The summed E-state index contributed by atoms with van der Waals surface area (Å²) in [7, 11) is 0. The van der Waals surface area contributed by atoms with Crippen LogP contribution in [0.25, 0.3) is 0 Å². The molecule has 0 amide bonds. The standard InChI is InChI=1S/C13H20N2/c1-13(2,3)10-7-8-14-12(9-10)15-11-5-4-6-11/h7-9,11H,4-6H2,1-3H3,(H,14,15). The van der Waals surface area contributed by atoms with E-state index in [1.54, 1.807) is 0 Å². The van der Waals surface area contributed by atoms with E-state index in [2.05, 4.69) is 43.2 Å². The first-order chi connectivity index (χ1) is 7.05. The lowest BCUT2D eigenvalue weighted by Gasteiger charge is -2.27. The van der Waals surface area contributed by atoms with Gasteiger partial charge in [-0.2, -0.15) is 0 Å². The quantitative estimate of drug-likeness (QED) is 0.799. The van der Waals surface area contributed by atoms with Crippen LogP contribution in [0.2, 0.25) is 0 Å². The molecular formula is C13H20N2. The molecule has 0 aliphatic heterocycles. The average Bonchev–Trinajstić information content (AvgIpc) is 2.11. The predicted molar refractivity (Wildman–Crippen MR) is 64.2 cm³/mol. The Balaban J connectivity index is 2.11. The molecular weight excluding hydrogens is 184 g/mol. The number of aromatic nitrogens is 1. The van der Waals surface area contributed by atoms with Gasteiger partial charge in [-0.15, -0.1) is 0 Å². The van der Waals surface area contributed by atoms with Gasteiger partial charge in [0, 0.05) is 12.2 Å². The first-order valence-electron chi connectivity index (χ1n) is 5.79. The number of hydrogen-bond donors (Lipinski definition) is 1. The lowest BCUT2D eigenvalue weighted by atomic mass is 9.87. The van der Waals surface area contributed by atoms with Gasteiger partial charge in [-0.25, -0.2) is 4.98 Å². The molecule has 0 spiro atoms. The predicted octanol–water partition coefficient (Wildman–Crippen LogP) is 3.34. The van der Waals surface area contributed by atoms with Gasteiger partial charge in [-0.3, -0.25) is 0 Å². The highest BCUT2D eigenvalue weighted by atomic mass is 15.0. The van der Waals surface area contributed by atoms with E-state index >= 15 is 0 Å². The molecule has 1 aromatic heterocycles. The average molecular weight is 204 g/mol. The van der Waals surface area contributed by atoms with Crippen LogP contribution in [0, 0.1) is 0 Å². The fraction of sp³-hybridized carbons (Fsp3) is 0.615. The molecule has 1 N–H and O–H groups in total. The van der Waals surface area contributed by atoms with E-state index in [1.807, 2.05) is 6.20 Å². The summed E-state index contributed by atoms with van der Waals surface area (Å²) in [5.74, 6) is 1.03. The van der Waals surface area contributed by atoms with Crippen LogP contribution in [0.15, 0.2) is 18.3 Å². The Kier molecular flexibility index (Phi) is 2.68. The molecule has 2 nitrogen and oxygen atoms in total. The summed E-state index contributed by atoms with van der Waals surface area (Å²) in [6, 6.07) is 4.94. The summed E-state index contributed by atoms with van der Waals surface area (Å²) in [6.07, 6.45) is 5.85. The zero-order valence-corrected chi connectivity index (χ0v) is 9.88. The van der Waals surface area contributed by atoms with Crippen molar-refractivity contribution in [1.82, 2.24) is 4.98 Å². The van der Waals surface area contributed by atoms with E-state index in [-0.39, 0.29) is 5.41 Å². The van der Waals surface area contributed by atoms with Crippen LogP contribution in [0.1, 0.15) is 45.6 Å². The Labute approximate surface area is 92.1 Å². The first kappa shape index (κ1) is 10.5. The lowest BCUT2D eigenvalue weighted by molar-refractivity contribution is 0.444. The van der Waals surface area contributed by atoms with Gasteiger partial charge in [0.25, 0.3) is 0 Å². The summed E-state index contributed by atoms with van der Waals surface area (Å²) < 4.78 is 0. The first-order valence-corrected chi connectivity index (χ1v) is 5.79. The number of rotatable bonds is 2. The molecule has 0 bridgehead atoms. The fourth-order valence-electron chi connectivity index (χ4n) is 1.74. The van der Waals surface area contributed by atoms with E-state index in [1.165, 1.54) is 24.8 Å². The Morgan fingerprint density at radius 1 is 1.33 bits per heavy atom. The van der Waals surface area contributed by atoms with Crippen molar-refractivity contribution in [3.8, 4) is 0 Å². The summed E-state index contributed by atoms with van der Waals surface area (Å²) in [4.78, 5) is 4.36. The highest BCUT2D eigenvalue weighted by Crippen LogP contribution is 2.26. The second-order valence-corrected chi connectivity index (χ2v) is 5.45. The van der Waals surface area contributed by atoms with E-state index < -0.39 is 0 Å². The largest absolute Gasteiger partial charge is 0.367 e. The second kappa shape index (κ2) is 3.84. The monoisotopic (exact) mass is 204 g/mol. The highest BCUT2D eigenvalue weighted by molar-refractivity contribution is 5.41. The molecule has 2 rings (SSSR count). The molecule has 0 saturated heterocycles. The molecule has 2 heteroatoms. The second-order valence-electron chi connectivity index (χ2n) is 5.45. The molecule has 1 aliphatic carbocycles. The number of anilines is 1. The zero-order chi connectivity index (χ0) is 10.9. The van der Waals surface area contributed by atoms with E-state index in [9.17, 15) is 0 Å². The van der Waals surface area contributed by atoms with Gasteiger partial charge in [0.2, 0.25) is 0 Å². The molecule has 15 heavy (non-hydrogen) atoms. The van der Waals surface area contributed by atoms with Crippen molar-refractivity contribution >= 4 is 5.82 Å². The van der Waals surface area contributed by atoms with Crippen LogP contribution in [0.3, 0.4) is 0 Å². The Hall–Kier alpha value is -1.05. The van der Waals surface area contributed by atoms with Gasteiger partial charge in [-0.1, -0.05) is 20.8 Å². The van der Waals surface area contributed by atoms with Gasteiger partial charge in [0.05, 0.1) is 0 Å². The Bertz CT molecular complexity index is 335. The molecule has 0 atom stereocenters. The zero-order valence-electron chi connectivity index (χ0n) is 9.88. The van der Waals surface area contributed by atoms with Crippen LogP contribution >= 0.6 is 0 Å². The molecule has 1 heterocycles. The molecule has 0 unspecified atom stereocenters. The minimum atomic E-state index is 0.207. The third-order valence-corrected chi connectivity index (χ3v) is 3.08. The van der Waals surface area contributed by atoms with Crippen molar-refractivity contribution in [2.45, 2.75) is 51.5 Å². The van der Waals surface area contributed by atoms with E-state index in [4.69, 9.17) is 0 Å². The summed E-state index contributed by atoms with van der Waals surface area (Å²) in [5, 5.41) is 3.48. The molecule has 0 radical (unpaired) electrons. The van der Waals surface area contributed by atoms with Crippen molar-refractivity contribution in [2.24, 2.45) is 0 Å². The van der Waals surface area contributed by atoms with E-state index in [0.29, 0.717) is 6.04 Å². The minimum absolute atomic E-state index is 0.207. The molecule has 1 aliphatic rings. The summed E-state index contributed by atoms with van der Waals surface area (Å²) in [5.41, 5.74) is 1.55. The van der Waals surface area contributed by atoms with Crippen molar-refractivity contribution in [1.29, 1.82) is 0 Å². The van der Waals surface area contributed by atoms with Crippen LogP contribution in [0.5, 0.6) is 0 Å². The van der Waals surface area contributed by atoms with Crippen LogP contribution in [-0.2, 0) is 5.41 Å². The fourth-order valence-corrected chi connectivity index (χ4v) is 1.74. The van der Waals surface area contributed by atoms with Crippen LogP contribution < -0.4 is 5.32 Å². The van der Waals surface area contributed by atoms with E-state index in [0.717, 1.165) is 5.82 Å². The molecule has 1 fully saturated rings. The minimum Gasteiger partial charge on any atom is -0.367 e. The third kappa shape index (κ3) is 2.49. The molecule has 1 saturated carbocycles. The number of nitrogens with one attached hydrogen (secondary N) is 1. The molecule has 1 aromatic rings. The van der Waals surface area contributed by atoms with Gasteiger partial charge >= 0.3 is 0 Å². The van der Waals surface area contributed by atoms with Crippen molar-refractivity contribution in [3.05, 3.63) is 23.9 Å². The molecule has 0 aromatic carbocycles. The topological polar surface area (TPSA) is 24.9 Å². The maximum Gasteiger partial charge on any atom is 0.126 e. The number of pyridine rings is 1. The number of nitrogens with zero attached hydrogens (tertiary/aromatic N) is 1. The van der Waals surface area contributed by atoms with Gasteiger partial charge < -0.3 is 5.32 Å². The lowest BCUT2D eigenvalue weighted by Crippen LogP contribution is -2.27. The summed E-state index contributed by atoms with van der Waals surface area (Å²) in [6.45, 7) is 6.69. The van der Waals surface area contributed by atoms with Crippen molar-refractivity contribution in [2.75, 3.05) is 5.32 Å². The van der Waals surface area contributed by atoms with Crippen molar-refractivity contribution in [3.63, 3.8) is 0 Å². The van der Waals surface area contributed by atoms with Crippen molar-refractivity contribution < 1.29 is 0 Å². The highest BCUT2D eigenvalue weighted by Gasteiger charge is 2.19. The van der Waals surface area contributed by atoms with Gasteiger partial charge in [0.15, 0.2) is 0 Å². The SMILES string of the molecule is CC(C)(C)c1ccnc(NC2CCC2)c1. The number of hydrogen-bond acceptors (Lipinski definition) is 2. The smallest absolute Gasteiger partial charge is 0.126 e. The maximum atomic E-state index is 4.36. The summed E-state index contributed by atoms with van der Waals surface area (Å²) >= 11 is 0. The van der Waals surface area contributed by atoms with Gasteiger partial charge in [0.1, 0.15) is 5.82 Å². The third-order valence-electron chi connectivity index (χ3n) is 3.08. The van der Waals surface area contributed by atoms with Crippen LogP contribution in [-0.4, -0.2) is 11.0 Å². The Morgan fingerprint density at radius 3 is 2.60 bits per heavy atom. The maximum absolute atomic E-state index is 4.36. The van der Waals surface area contributed by atoms with Crippen LogP contribution in [0.4, 0.5) is 5.82 Å². The normalized spacial score (nSPS) is 17.3. The van der Waals surface area contributed by atoms with Gasteiger partial charge in [-0.05, 0) is 42.4 Å².